The lowest BCUT2D eigenvalue weighted by atomic mass is 10.1. The Morgan fingerprint density at radius 1 is 1.46 bits per heavy atom. The van der Waals surface area contributed by atoms with Gasteiger partial charge in [-0.25, -0.2) is 0 Å². The average molecular weight is 237 g/mol. The summed E-state index contributed by atoms with van der Waals surface area (Å²) in [5, 5.41) is 0. The number of carbonyl (C=O) groups is 1. The summed E-state index contributed by atoms with van der Waals surface area (Å²) in [6, 6.07) is 6.05. The Kier molecular flexibility index (Phi) is 2.08. The molecule has 1 aromatic rings. The van der Waals surface area contributed by atoms with Crippen LogP contribution < -0.4 is 0 Å². The molecule has 0 saturated heterocycles. The average Bonchev–Trinajstić information content (AvgIpc) is 2.39. The van der Waals surface area contributed by atoms with Crippen LogP contribution in [-0.4, -0.2) is 6.29 Å². The summed E-state index contributed by atoms with van der Waals surface area (Å²) in [4.78, 5) is 10.8. The second kappa shape index (κ2) is 3.11. The second-order valence-electron chi connectivity index (χ2n) is 3.29. The smallest absolute Gasteiger partial charge is 0.150 e. The van der Waals surface area contributed by atoms with Gasteiger partial charge in [0.05, 0.1) is 0 Å². The van der Waals surface area contributed by atoms with Gasteiger partial charge in [0.2, 0.25) is 0 Å². The zero-order valence-electron chi connectivity index (χ0n) is 7.30. The molecular weight excluding hydrogens is 228 g/mol. The first-order valence-electron chi connectivity index (χ1n) is 4.16. The van der Waals surface area contributed by atoms with E-state index in [2.05, 4.69) is 22.0 Å². The van der Waals surface area contributed by atoms with E-state index in [0.29, 0.717) is 0 Å². The molecule has 0 atom stereocenters. The molecule has 0 heterocycles. The van der Waals surface area contributed by atoms with E-state index in [1.165, 1.54) is 11.1 Å². The third-order valence-corrected chi connectivity index (χ3v) is 2.88. The van der Waals surface area contributed by atoms with E-state index in [9.17, 15) is 4.79 Å². The van der Waals surface area contributed by atoms with Crippen molar-refractivity contribution in [3.63, 3.8) is 0 Å². The molecule has 1 aliphatic rings. The third-order valence-electron chi connectivity index (χ3n) is 2.39. The first-order chi connectivity index (χ1) is 6.22. The number of rotatable bonds is 1. The van der Waals surface area contributed by atoms with Gasteiger partial charge in [-0.3, -0.25) is 4.79 Å². The maximum absolute atomic E-state index is 10.8. The summed E-state index contributed by atoms with van der Waals surface area (Å²) in [6.45, 7) is 2.01. The van der Waals surface area contributed by atoms with Gasteiger partial charge in [0.25, 0.3) is 0 Å². The molecule has 13 heavy (non-hydrogen) atoms. The van der Waals surface area contributed by atoms with Crippen molar-refractivity contribution >= 4 is 27.8 Å². The Hall–Kier alpha value is -0.890. The van der Waals surface area contributed by atoms with Crippen LogP contribution in [0.3, 0.4) is 0 Å². The van der Waals surface area contributed by atoms with Crippen LogP contribution >= 0.6 is 15.9 Å². The SMILES string of the molecule is CC1=C(C=O)c2ccc(Br)cc2C1. The van der Waals surface area contributed by atoms with Crippen LogP contribution in [0.1, 0.15) is 18.1 Å². The zero-order chi connectivity index (χ0) is 9.42. The standard InChI is InChI=1S/C11H9BrO/c1-7-4-8-5-9(12)2-3-10(8)11(7)6-13/h2-3,5-6H,4H2,1H3. The Morgan fingerprint density at radius 3 is 2.92 bits per heavy atom. The second-order valence-corrected chi connectivity index (χ2v) is 4.21. The molecule has 0 radical (unpaired) electrons. The summed E-state index contributed by atoms with van der Waals surface area (Å²) in [5.74, 6) is 0. The number of aldehydes is 1. The lowest BCUT2D eigenvalue weighted by molar-refractivity contribution is -0.103. The molecule has 0 N–H and O–H groups in total. The number of allylic oxidation sites excluding steroid dienone is 2. The maximum atomic E-state index is 10.8. The van der Waals surface area contributed by atoms with Crippen molar-refractivity contribution in [1.82, 2.24) is 0 Å². The molecule has 1 aliphatic carbocycles. The molecule has 0 fully saturated rings. The van der Waals surface area contributed by atoms with Crippen molar-refractivity contribution in [2.75, 3.05) is 0 Å². The predicted octanol–water partition coefficient (Wildman–Crippen LogP) is 2.98. The number of halogens is 1. The minimum atomic E-state index is 0.863. The Morgan fingerprint density at radius 2 is 2.23 bits per heavy atom. The van der Waals surface area contributed by atoms with Crippen molar-refractivity contribution in [3.8, 4) is 0 Å². The van der Waals surface area contributed by atoms with E-state index in [4.69, 9.17) is 0 Å². The van der Waals surface area contributed by atoms with Crippen LogP contribution in [0.4, 0.5) is 0 Å². The molecule has 0 bridgehead atoms. The van der Waals surface area contributed by atoms with Crippen molar-refractivity contribution in [1.29, 1.82) is 0 Å². The molecule has 0 aromatic heterocycles. The minimum absolute atomic E-state index is 0.863. The van der Waals surface area contributed by atoms with Gasteiger partial charge in [-0.05, 0) is 36.6 Å². The van der Waals surface area contributed by atoms with E-state index < -0.39 is 0 Å². The zero-order valence-corrected chi connectivity index (χ0v) is 8.89. The fourth-order valence-electron chi connectivity index (χ4n) is 1.75. The van der Waals surface area contributed by atoms with E-state index in [1.807, 2.05) is 19.1 Å². The van der Waals surface area contributed by atoms with Gasteiger partial charge >= 0.3 is 0 Å². The lowest BCUT2D eigenvalue weighted by Gasteiger charge is -1.99. The van der Waals surface area contributed by atoms with Gasteiger partial charge in [-0.2, -0.15) is 0 Å². The molecular formula is C11H9BrO. The molecule has 1 aromatic carbocycles. The van der Waals surface area contributed by atoms with E-state index >= 15 is 0 Å². The molecule has 0 unspecified atom stereocenters. The lowest BCUT2D eigenvalue weighted by Crippen LogP contribution is -1.84. The van der Waals surface area contributed by atoms with Crippen molar-refractivity contribution in [2.45, 2.75) is 13.3 Å². The highest BCUT2D eigenvalue weighted by Gasteiger charge is 2.17. The van der Waals surface area contributed by atoms with Gasteiger partial charge in [0.1, 0.15) is 0 Å². The van der Waals surface area contributed by atoms with Gasteiger partial charge in [0.15, 0.2) is 6.29 Å². The monoisotopic (exact) mass is 236 g/mol. The normalized spacial score (nSPS) is 14.6. The molecule has 0 saturated carbocycles. The van der Waals surface area contributed by atoms with Crippen LogP contribution in [0.25, 0.3) is 5.57 Å². The molecule has 0 aliphatic heterocycles. The molecule has 0 spiro atoms. The van der Waals surface area contributed by atoms with Crippen molar-refractivity contribution in [3.05, 3.63) is 39.4 Å². The van der Waals surface area contributed by atoms with Gasteiger partial charge in [0, 0.05) is 10.0 Å². The van der Waals surface area contributed by atoms with E-state index in [-0.39, 0.29) is 0 Å². The summed E-state index contributed by atoms with van der Waals surface area (Å²) in [5.41, 5.74) is 4.37. The van der Waals surface area contributed by atoms with E-state index in [0.717, 1.165) is 28.3 Å². The van der Waals surface area contributed by atoms with Crippen LogP contribution in [0, 0.1) is 0 Å². The third kappa shape index (κ3) is 1.35. The van der Waals surface area contributed by atoms with Gasteiger partial charge in [-0.15, -0.1) is 0 Å². The Balaban J connectivity index is 2.58. The molecule has 1 nitrogen and oxygen atoms in total. The number of hydrogen-bond acceptors (Lipinski definition) is 1. The molecule has 66 valence electrons. The fraction of sp³-hybridized carbons (Fsp3) is 0.182. The highest BCUT2D eigenvalue weighted by atomic mass is 79.9. The fourth-order valence-corrected chi connectivity index (χ4v) is 2.15. The maximum Gasteiger partial charge on any atom is 0.150 e. The highest BCUT2D eigenvalue weighted by molar-refractivity contribution is 9.10. The van der Waals surface area contributed by atoms with E-state index in [1.54, 1.807) is 0 Å². The summed E-state index contributed by atoms with van der Waals surface area (Å²) in [7, 11) is 0. The molecule has 0 amide bonds. The number of hydrogen-bond donors (Lipinski definition) is 0. The number of carbonyl (C=O) groups excluding carboxylic acids is 1. The topological polar surface area (TPSA) is 17.1 Å². The largest absolute Gasteiger partial charge is 0.298 e. The van der Waals surface area contributed by atoms with Gasteiger partial charge in [-0.1, -0.05) is 27.6 Å². The minimum Gasteiger partial charge on any atom is -0.298 e. The highest BCUT2D eigenvalue weighted by Crippen LogP contribution is 2.32. The number of fused-ring (bicyclic) bond motifs is 1. The Bertz CT molecular complexity index is 405. The van der Waals surface area contributed by atoms with Crippen molar-refractivity contribution in [2.24, 2.45) is 0 Å². The van der Waals surface area contributed by atoms with Crippen LogP contribution in [0.5, 0.6) is 0 Å². The van der Waals surface area contributed by atoms with Crippen LogP contribution in [0.2, 0.25) is 0 Å². The number of benzene rings is 1. The molecule has 2 heteroatoms. The van der Waals surface area contributed by atoms with Gasteiger partial charge < -0.3 is 0 Å². The van der Waals surface area contributed by atoms with Crippen molar-refractivity contribution < 1.29 is 4.79 Å². The quantitative estimate of drug-likeness (QED) is 0.686. The predicted molar refractivity (Wildman–Crippen MR) is 56.5 cm³/mol. The first kappa shape index (κ1) is 8.70. The Labute approximate surface area is 85.6 Å². The van der Waals surface area contributed by atoms with Crippen LogP contribution in [-0.2, 0) is 11.2 Å². The summed E-state index contributed by atoms with van der Waals surface area (Å²) < 4.78 is 1.08. The first-order valence-corrected chi connectivity index (χ1v) is 4.95. The van der Waals surface area contributed by atoms with Crippen LogP contribution in [0.15, 0.2) is 28.2 Å². The molecule has 2 rings (SSSR count). The summed E-state index contributed by atoms with van der Waals surface area (Å²) in [6.07, 6.45) is 1.86. The summed E-state index contributed by atoms with van der Waals surface area (Å²) >= 11 is 3.42.